The largest absolute Gasteiger partial charge is 0.478 e. The van der Waals surface area contributed by atoms with Gasteiger partial charge in [-0.2, -0.15) is 0 Å². The molecule has 1 aliphatic carbocycles. The topological polar surface area (TPSA) is 65.6 Å². The molecule has 1 saturated carbocycles. The fraction of sp³-hybridized carbons (Fsp3) is 0.464. The number of H-pyrrole nitrogens is 1. The van der Waals surface area contributed by atoms with E-state index >= 15 is 0 Å². The lowest BCUT2D eigenvalue weighted by Gasteiger charge is -2.45. The zero-order valence-electron chi connectivity index (χ0n) is 19.3. The van der Waals surface area contributed by atoms with Crippen LogP contribution in [0.4, 0.5) is 0 Å². The van der Waals surface area contributed by atoms with Crippen molar-refractivity contribution in [3.63, 3.8) is 0 Å². The first-order valence-electron chi connectivity index (χ1n) is 12.3. The summed E-state index contributed by atoms with van der Waals surface area (Å²) in [5.74, 6) is -0.179. The third-order valence-electron chi connectivity index (χ3n) is 8.15. The van der Waals surface area contributed by atoms with Crippen LogP contribution in [0.1, 0.15) is 83.1 Å². The maximum atomic E-state index is 11.4. The minimum absolute atomic E-state index is 0.0252. The number of benzene rings is 2. The lowest BCUT2D eigenvalue weighted by molar-refractivity contribution is -0.0676. The van der Waals surface area contributed by atoms with Crippen molar-refractivity contribution < 1.29 is 14.6 Å². The van der Waals surface area contributed by atoms with E-state index in [4.69, 9.17) is 4.74 Å². The molecule has 0 radical (unpaired) electrons. The maximum absolute atomic E-state index is 11.4. The Hall–Kier alpha value is -2.63. The summed E-state index contributed by atoms with van der Waals surface area (Å²) in [5.41, 5.74) is 7.09. The molecule has 3 aliphatic rings. The van der Waals surface area contributed by atoms with E-state index in [9.17, 15) is 9.90 Å². The summed E-state index contributed by atoms with van der Waals surface area (Å²) in [4.78, 5) is 17.5. The van der Waals surface area contributed by atoms with E-state index in [0.29, 0.717) is 11.5 Å². The molecule has 6 rings (SSSR count). The molecule has 3 fully saturated rings. The van der Waals surface area contributed by atoms with Crippen LogP contribution in [0, 0.1) is 6.92 Å². The van der Waals surface area contributed by atoms with Crippen LogP contribution in [0.5, 0.6) is 0 Å². The monoisotopic (exact) mass is 444 g/mol. The molecule has 2 saturated heterocycles. The van der Waals surface area contributed by atoms with Crippen molar-refractivity contribution in [1.29, 1.82) is 0 Å². The average molecular weight is 445 g/mol. The molecule has 5 nitrogen and oxygen atoms in total. The normalized spacial score (nSPS) is 25.8. The number of aryl methyl sites for hydroxylation is 1. The molecule has 2 aliphatic heterocycles. The van der Waals surface area contributed by atoms with E-state index in [1.165, 1.54) is 46.0 Å². The number of rotatable bonds is 5. The van der Waals surface area contributed by atoms with Crippen LogP contribution in [0.15, 0.2) is 42.6 Å². The number of carboxylic acids is 1. The Labute approximate surface area is 194 Å². The lowest BCUT2D eigenvalue weighted by atomic mass is 9.81. The molecule has 1 spiro atoms. The number of aromatic amines is 1. The van der Waals surface area contributed by atoms with Gasteiger partial charge in [0.2, 0.25) is 0 Å². The van der Waals surface area contributed by atoms with Crippen molar-refractivity contribution in [2.45, 2.75) is 69.6 Å². The molecular weight excluding hydrogens is 412 g/mol. The molecule has 0 amide bonds. The van der Waals surface area contributed by atoms with E-state index in [2.05, 4.69) is 35.1 Å². The fourth-order valence-electron chi connectivity index (χ4n) is 6.20. The van der Waals surface area contributed by atoms with Gasteiger partial charge in [0.05, 0.1) is 11.2 Å². The molecule has 2 aromatic carbocycles. The zero-order chi connectivity index (χ0) is 22.6. The van der Waals surface area contributed by atoms with Gasteiger partial charge in [0, 0.05) is 42.8 Å². The van der Waals surface area contributed by atoms with Gasteiger partial charge in [-0.25, -0.2) is 4.79 Å². The van der Waals surface area contributed by atoms with Gasteiger partial charge in [0.25, 0.3) is 0 Å². The third kappa shape index (κ3) is 3.77. The lowest BCUT2D eigenvalue weighted by Crippen LogP contribution is -2.45. The average Bonchev–Trinajstić information content (AvgIpc) is 3.36. The van der Waals surface area contributed by atoms with Crippen molar-refractivity contribution in [2.75, 3.05) is 13.2 Å². The standard InChI is InChI=1S/C28H32N2O3/c1-18-15-23(19-3-4-19)24(22-9-12-29-26(18)22)17-30-13-11-28(10-2-14-33-28)16-25(30)20-5-7-21(8-6-20)27(31)32/h5-9,12,15,19,25,29H,2-4,10-11,13-14,16-17H2,1H3,(H,31,32)/t25-,28?/m0/s1. The fourth-order valence-corrected chi connectivity index (χ4v) is 6.20. The van der Waals surface area contributed by atoms with E-state index in [1.54, 1.807) is 12.1 Å². The first-order chi connectivity index (χ1) is 16.0. The third-order valence-corrected chi connectivity index (χ3v) is 8.15. The van der Waals surface area contributed by atoms with E-state index in [1.807, 2.05) is 12.1 Å². The second-order valence-corrected chi connectivity index (χ2v) is 10.3. The highest BCUT2D eigenvalue weighted by molar-refractivity contribution is 5.88. The maximum Gasteiger partial charge on any atom is 0.335 e. The highest BCUT2D eigenvalue weighted by Crippen LogP contribution is 2.47. The van der Waals surface area contributed by atoms with Gasteiger partial charge >= 0.3 is 5.97 Å². The molecule has 1 unspecified atom stereocenters. The number of likely N-dealkylation sites (tertiary alicyclic amines) is 1. The predicted molar refractivity (Wildman–Crippen MR) is 129 cm³/mol. The number of fused-ring (bicyclic) bond motifs is 1. The van der Waals surface area contributed by atoms with Gasteiger partial charge in [-0.05, 0) is 91.8 Å². The van der Waals surface area contributed by atoms with Gasteiger partial charge in [-0.15, -0.1) is 0 Å². The van der Waals surface area contributed by atoms with Crippen LogP contribution in [0.25, 0.3) is 10.9 Å². The Morgan fingerprint density at radius 2 is 2.03 bits per heavy atom. The van der Waals surface area contributed by atoms with Gasteiger partial charge < -0.3 is 14.8 Å². The van der Waals surface area contributed by atoms with E-state index < -0.39 is 5.97 Å². The Morgan fingerprint density at radius 3 is 2.73 bits per heavy atom. The van der Waals surface area contributed by atoms with Crippen molar-refractivity contribution in [3.8, 4) is 0 Å². The smallest absolute Gasteiger partial charge is 0.335 e. The molecule has 3 aromatic rings. The number of nitrogens with one attached hydrogen (secondary N) is 1. The van der Waals surface area contributed by atoms with Crippen LogP contribution in [0.3, 0.4) is 0 Å². The first kappa shape index (κ1) is 20.9. The number of aromatic nitrogens is 1. The number of aromatic carboxylic acids is 1. The minimum Gasteiger partial charge on any atom is -0.478 e. The Morgan fingerprint density at radius 1 is 1.21 bits per heavy atom. The molecule has 2 atom stereocenters. The number of nitrogens with zero attached hydrogens (tertiary/aromatic N) is 1. The summed E-state index contributed by atoms with van der Waals surface area (Å²) in [7, 11) is 0. The molecule has 5 heteroatoms. The second-order valence-electron chi connectivity index (χ2n) is 10.3. The summed E-state index contributed by atoms with van der Waals surface area (Å²) in [6, 6.07) is 12.4. The molecule has 172 valence electrons. The number of carbonyl (C=O) groups is 1. The van der Waals surface area contributed by atoms with Crippen LogP contribution < -0.4 is 0 Å². The highest BCUT2D eigenvalue weighted by atomic mass is 16.5. The van der Waals surface area contributed by atoms with Crippen LogP contribution >= 0.6 is 0 Å². The minimum atomic E-state index is -0.874. The molecule has 33 heavy (non-hydrogen) atoms. The summed E-state index contributed by atoms with van der Waals surface area (Å²) in [6.45, 7) is 4.99. The van der Waals surface area contributed by atoms with Gasteiger partial charge in [-0.1, -0.05) is 18.2 Å². The van der Waals surface area contributed by atoms with Crippen LogP contribution in [-0.4, -0.2) is 39.7 Å². The number of carboxylic acid groups (broad SMARTS) is 1. The van der Waals surface area contributed by atoms with E-state index in [0.717, 1.165) is 45.4 Å². The SMILES string of the molecule is Cc1cc(C2CC2)c(CN2CCC3(CCCO3)C[C@H]2c2ccc(C(=O)O)cc2)c2cc[nH]c12. The number of hydrogen-bond donors (Lipinski definition) is 2. The molecular formula is C28H32N2O3. The molecule has 3 heterocycles. The highest BCUT2D eigenvalue weighted by Gasteiger charge is 2.43. The first-order valence-corrected chi connectivity index (χ1v) is 12.3. The van der Waals surface area contributed by atoms with Crippen LogP contribution in [0.2, 0.25) is 0 Å². The van der Waals surface area contributed by atoms with Gasteiger partial charge in [-0.3, -0.25) is 4.90 Å². The molecule has 1 aromatic heterocycles. The summed E-state index contributed by atoms with van der Waals surface area (Å²) in [6.07, 6.45) is 8.96. The summed E-state index contributed by atoms with van der Waals surface area (Å²) < 4.78 is 6.31. The zero-order valence-corrected chi connectivity index (χ0v) is 19.3. The summed E-state index contributed by atoms with van der Waals surface area (Å²) >= 11 is 0. The van der Waals surface area contributed by atoms with Crippen molar-refractivity contribution in [2.24, 2.45) is 0 Å². The second kappa shape index (κ2) is 8.00. The molecule has 2 N–H and O–H groups in total. The van der Waals surface area contributed by atoms with E-state index in [-0.39, 0.29) is 11.6 Å². The van der Waals surface area contributed by atoms with Crippen LogP contribution in [-0.2, 0) is 11.3 Å². The van der Waals surface area contributed by atoms with Gasteiger partial charge in [0.1, 0.15) is 0 Å². The summed E-state index contributed by atoms with van der Waals surface area (Å²) in [5, 5.41) is 10.7. The number of ether oxygens (including phenoxy) is 1. The molecule has 0 bridgehead atoms. The Kier molecular flexibility index (Phi) is 5.07. The Bertz CT molecular complexity index is 1190. The number of hydrogen-bond acceptors (Lipinski definition) is 3. The quantitative estimate of drug-likeness (QED) is 0.511. The number of piperidine rings is 1. The Balaban J connectivity index is 1.38. The van der Waals surface area contributed by atoms with Crippen molar-refractivity contribution in [3.05, 3.63) is 70.4 Å². The van der Waals surface area contributed by atoms with Gasteiger partial charge in [0.15, 0.2) is 0 Å². The predicted octanol–water partition coefficient (Wildman–Crippen LogP) is 5.94. The van der Waals surface area contributed by atoms with Crippen molar-refractivity contribution in [1.82, 2.24) is 9.88 Å². The van der Waals surface area contributed by atoms with Crippen molar-refractivity contribution >= 4 is 16.9 Å².